The van der Waals surface area contributed by atoms with Gasteiger partial charge in [0.1, 0.15) is 23.0 Å². The second-order valence-electron chi connectivity index (χ2n) is 13.5. The molecule has 0 aromatic heterocycles. The first-order chi connectivity index (χ1) is 25.2. The zero-order valence-corrected chi connectivity index (χ0v) is 31.1. The quantitative estimate of drug-likeness (QED) is 0.0732. The number of hydrogen-bond donors (Lipinski definition) is 2. The van der Waals surface area contributed by atoms with Crippen molar-refractivity contribution in [2.45, 2.75) is 87.9 Å². The minimum atomic E-state index is -0.835. The number of methoxy groups -OCH3 is 4. The summed E-state index contributed by atoms with van der Waals surface area (Å²) in [6, 6.07) is 31.1. The van der Waals surface area contributed by atoms with Gasteiger partial charge >= 0.3 is 11.9 Å². The van der Waals surface area contributed by atoms with Crippen molar-refractivity contribution in [1.29, 1.82) is 0 Å². The SMILES string of the molecule is COc1ccc(C(CCCCCCCCCCC(CC(=O)O)(c2ccc(OC)cc2)c2ccc(OC)cc2)(CC(=O)O)c2ccc(OC)cc2)cc1. The second-order valence-corrected chi connectivity index (χ2v) is 13.5. The molecule has 278 valence electrons. The highest BCUT2D eigenvalue weighted by molar-refractivity contribution is 5.71. The minimum absolute atomic E-state index is 0.0118. The van der Waals surface area contributed by atoms with E-state index < -0.39 is 22.8 Å². The maximum atomic E-state index is 12.3. The molecule has 4 rings (SSSR count). The van der Waals surface area contributed by atoms with E-state index in [0.29, 0.717) is 12.8 Å². The third-order valence-corrected chi connectivity index (χ3v) is 10.4. The molecule has 0 amide bonds. The van der Waals surface area contributed by atoms with Crippen molar-refractivity contribution in [2.75, 3.05) is 28.4 Å². The molecule has 0 aliphatic carbocycles. The zero-order valence-electron chi connectivity index (χ0n) is 31.1. The van der Waals surface area contributed by atoms with Crippen LogP contribution in [-0.2, 0) is 20.4 Å². The molecule has 2 N–H and O–H groups in total. The van der Waals surface area contributed by atoms with E-state index in [2.05, 4.69) is 0 Å². The predicted molar refractivity (Wildman–Crippen MR) is 204 cm³/mol. The number of unbranched alkanes of at least 4 members (excludes halogenated alkanes) is 7. The predicted octanol–water partition coefficient (Wildman–Crippen LogP) is 9.84. The molecule has 0 atom stereocenters. The molecule has 0 aliphatic heterocycles. The van der Waals surface area contributed by atoms with E-state index in [4.69, 9.17) is 18.9 Å². The summed E-state index contributed by atoms with van der Waals surface area (Å²) in [5.74, 6) is 1.26. The lowest BCUT2D eigenvalue weighted by molar-refractivity contribution is -0.139. The fourth-order valence-electron chi connectivity index (χ4n) is 7.57. The Balaban J connectivity index is 1.36. The van der Waals surface area contributed by atoms with Gasteiger partial charge < -0.3 is 29.2 Å². The maximum Gasteiger partial charge on any atom is 0.304 e. The van der Waals surface area contributed by atoms with Crippen molar-refractivity contribution >= 4 is 11.9 Å². The van der Waals surface area contributed by atoms with Gasteiger partial charge in [-0.15, -0.1) is 0 Å². The van der Waals surface area contributed by atoms with Gasteiger partial charge in [0.25, 0.3) is 0 Å². The highest BCUT2D eigenvalue weighted by Crippen LogP contribution is 2.43. The van der Waals surface area contributed by atoms with Gasteiger partial charge in [-0.1, -0.05) is 99.9 Å². The highest BCUT2D eigenvalue weighted by atomic mass is 16.5. The summed E-state index contributed by atoms with van der Waals surface area (Å²) in [6.07, 6.45) is 9.51. The van der Waals surface area contributed by atoms with E-state index in [1.165, 1.54) is 0 Å². The van der Waals surface area contributed by atoms with Crippen LogP contribution in [0.2, 0.25) is 0 Å². The van der Waals surface area contributed by atoms with E-state index >= 15 is 0 Å². The fraction of sp³-hybridized carbons (Fsp3) is 0.409. The minimum Gasteiger partial charge on any atom is -0.497 e. The molecule has 0 saturated heterocycles. The number of carboxylic acids is 2. The molecule has 0 radical (unpaired) electrons. The van der Waals surface area contributed by atoms with Crippen molar-refractivity contribution in [3.8, 4) is 23.0 Å². The summed E-state index contributed by atoms with van der Waals surface area (Å²) in [5.41, 5.74) is 2.49. The van der Waals surface area contributed by atoms with Crippen LogP contribution in [0.15, 0.2) is 97.1 Å². The molecule has 0 heterocycles. The van der Waals surface area contributed by atoms with Crippen molar-refractivity contribution in [1.82, 2.24) is 0 Å². The Kier molecular flexibility index (Phi) is 15.0. The number of hydrogen-bond acceptors (Lipinski definition) is 6. The van der Waals surface area contributed by atoms with Crippen LogP contribution in [0.3, 0.4) is 0 Å². The lowest BCUT2D eigenvalue weighted by atomic mass is 9.68. The summed E-state index contributed by atoms with van der Waals surface area (Å²) < 4.78 is 21.5. The van der Waals surface area contributed by atoms with Gasteiger partial charge in [-0.3, -0.25) is 9.59 Å². The Labute approximate surface area is 308 Å². The molecule has 8 nitrogen and oxygen atoms in total. The van der Waals surface area contributed by atoms with Crippen LogP contribution in [0.5, 0.6) is 23.0 Å². The van der Waals surface area contributed by atoms with E-state index in [-0.39, 0.29) is 12.8 Å². The Bertz CT molecular complexity index is 1440. The van der Waals surface area contributed by atoms with E-state index in [0.717, 1.165) is 96.6 Å². The number of benzene rings is 4. The zero-order chi connectivity index (χ0) is 37.4. The summed E-state index contributed by atoms with van der Waals surface area (Å²) in [4.78, 5) is 24.6. The van der Waals surface area contributed by atoms with Crippen LogP contribution in [0.25, 0.3) is 0 Å². The Hall–Kier alpha value is -4.98. The smallest absolute Gasteiger partial charge is 0.304 e. The summed E-state index contributed by atoms with van der Waals surface area (Å²) in [7, 11) is 6.50. The molecule has 52 heavy (non-hydrogen) atoms. The van der Waals surface area contributed by atoms with Crippen LogP contribution in [-0.4, -0.2) is 50.6 Å². The lowest BCUT2D eigenvalue weighted by Gasteiger charge is -2.34. The standard InChI is InChI=1S/C44H54O8/c1-49-37-21-13-33(14-22-37)43(31-41(45)46,34-15-23-38(50-2)24-16-34)29-11-9-7-5-6-8-10-12-30-44(32-42(47)48,35-17-25-39(51-3)26-18-35)36-19-27-40(52-4)28-20-36/h13-28H,5-12,29-32H2,1-4H3,(H,45,46)(H,47,48). The Morgan fingerprint density at radius 3 is 0.808 bits per heavy atom. The first kappa shape index (κ1) is 39.8. The molecular weight excluding hydrogens is 656 g/mol. The fourth-order valence-corrected chi connectivity index (χ4v) is 7.57. The van der Waals surface area contributed by atoms with E-state index in [1.54, 1.807) is 28.4 Å². The summed E-state index contributed by atoms with van der Waals surface area (Å²) in [5, 5.41) is 20.2. The third kappa shape index (κ3) is 10.3. The second kappa shape index (κ2) is 19.6. The van der Waals surface area contributed by atoms with Gasteiger partial charge in [0.05, 0.1) is 41.3 Å². The molecule has 4 aromatic carbocycles. The molecule has 0 aliphatic rings. The molecule has 0 saturated carbocycles. The highest BCUT2D eigenvalue weighted by Gasteiger charge is 2.37. The van der Waals surface area contributed by atoms with E-state index in [1.807, 2.05) is 97.1 Å². The van der Waals surface area contributed by atoms with Crippen LogP contribution >= 0.6 is 0 Å². The normalized spacial score (nSPS) is 11.5. The van der Waals surface area contributed by atoms with Crippen LogP contribution in [0, 0.1) is 0 Å². The number of aliphatic carboxylic acids is 2. The lowest BCUT2D eigenvalue weighted by Crippen LogP contribution is -2.31. The third-order valence-electron chi connectivity index (χ3n) is 10.4. The average molecular weight is 711 g/mol. The Morgan fingerprint density at radius 1 is 0.404 bits per heavy atom. The van der Waals surface area contributed by atoms with Crippen molar-refractivity contribution in [3.63, 3.8) is 0 Å². The topological polar surface area (TPSA) is 112 Å². The van der Waals surface area contributed by atoms with E-state index in [9.17, 15) is 19.8 Å². The van der Waals surface area contributed by atoms with Gasteiger partial charge in [-0.25, -0.2) is 0 Å². The number of rotatable bonds is 23. The molecule has 0 spiro atoms. The average Bonchev–Trinajstić information content (AvgIpc) is 3.17. The van der Waals surface area contributed by atoms with Crippen molar-refractivity contribution in [2.24, 2.45) is 0 Å². The molecule has 0 unspecified atom stereocenters. The monoisotopic (exact) mass is 710 g/mol. The first-order valence-corrected chi connectivity index (χ1v) is 18.2. The molecule has 4 aromatic rings. The number of carboxylic acid groups (broad SMARTS) is 2. The van der Waals surface area contributed by atoms with Crippen LogP contribution in [0.4, 0.5) is 0 Å². The first-order valence-electron chi connectivity index (χ1n) is 18.2. The molecular formula is C44H54O8. The van der Waals surface area contributed by atoms with Gasteiger partial charge in [0.15, 0.2) is 0 Å². The van der Waals surface area contributed by atoms with Gasteiger partial charge in [-0.2, -0.15) is 0 Å². The maximum absolute atomic E-state index is 12.3. The molecule has 0 bridgehead atoms. The van der Waals surface area contributed by atoms with Crippen molar-refractivity contribution in [3.05, 3.63) is 119 Å². The number of carbonyl (C=O) groups is 2. The molecule has 8 heteroatoms. The van der Waals surface area contributed by atoms with Crippen LogP contribution in [0.1, 0.15) is 99.3 Å². The number of ether oxygens (including phenoxy) is 4. The largest absolute Gasteiger partial charge is 0.497 e. The van der Waals surface area contributed by atoms with Crippen LogP contribution < -0.4 is 18.9 Å². The molecule has 0 fully saturated rings. The van der Waals surface area contributed by atoms with Gasteiger partial charge in [-0.05, 0) is 83.6 Å². The Morgan fingerprint density at radius 2 is 0.615 bits per heavy atom. The van der Waals surface area contributed by atoms with Gasteiger partial charge in [0.2, 0.25) is 0 Å². The van der Waals surface area contributed by atoms with Crippen molar-refractivity contribution < 1.29 is 38.7 Å². The van der Waals surface area contributed by atoms with Gasteiger partial charge in [0, 0.05) is 10.8 Å². The summed E-state index contributed by atoms with van der Waals surface area (Å²) >= 11 is 0. The summed E-state index contributed by atoms with van der Waals surface area (Å²) in [6.45, 7) is 0.